The maximum absolute atomic E-state index is 11.5. The first-order valence-electron chi connectivity index (χ1n) is 5.92. The van der Waals surface area contributed by atoms with Crippen LogP contribution in [0.25, 0.3) is 0 Å². The van der Waals surface area contributed by atoms with Gasteiger partial charge in [0.05, 0.1) is 6.42 Å². The topological polar surface area (TPSA) is 113 Å². The molecule has 0 fully saturated rings. The third-order valence-electron chi connectivity index (χ3n) is 2.45. The minimum atomic E-state index is -1.28. The first-order valence-corrected chi connectivity index (χ1v) is 5.92. The summed E-state index contributed by atoms with van der Waals surface area (Å²) in [6, 6.07) is 7.57. The smallest absolute Gasteiger partial charge is 0.329 e. The molecule has 7 nitrogen and oxygen atoms in total. The number of hydroxylamine groups is 1. The normalized spacial score (nSPS) is 11.6. The highest BCUT2D eigenvalue weighted by atomic mass is 16.7. The molecule has 1 aromatic rings. The number of nitrogens with one attached hydrogen (secondary N) is 1. The van der Waals surface area contributed by atoms with Crippen LogP contribution in [0.15, 0.2) is 30.3 Å². The van der Waals surface area contributed by atoms with Gasteiger partial charge in [-0.1, -0.05) is 30.3 Å². The third kappa shape index (κ3) is 5.96. The minimum Gasteiger partial charge on any atom is -0.481 e. The van der Waals surface area contributed by atoms with Gasteiger partial charge in [-0.05, 0) is 12.0 Å². The summed E-state index contributed by atoms with van der Waals surface area (Å²) in [6.07, 6.45) is -0.511. The molecule has 3 N–H and O–H groups in total. The lowest BCUT2D eigenvalue weighted by Gasteiger charge is -2.12. The van der Waals surface area contributed by atoms with Crippen LogP contribution in [-0.4, -0.2) is 34.2 Å². The van der Waals surface area contributed by atoms with Gasteiger partial charge in [0.15, 0.2) is 0 Å². The standard InChI is InChI=1S/C13H15NO6/c15-11(16)7-6-10(13(18)19)14-20-12(17)8-9-4-2-1-3-5-9/h1-5,10,14H,6-8H2,(H,15,16)(H,18,19)/t10-/m1/s1. The van der Waals surface area contributed by atoms with Crippen LogP contribution in [0.5, 0.6) is 0 Å². The Morgan fingerprint density at radius 1 is 1.15 bits per heavy atom. The maximum atomic E-state index is 11.5. The number of hydrogen-bond acceptors (Lipinski definition) is 5. The van der Waals surface area contributed by atoms with Crippen molar-refractivity contribution >= 4 is 17.9 Å². The molecule has 0 unspecified atom stereocenters. The summed E-state index contributed by atoms with van der Waals surface area (Å²) in [6.45, 7) is 0. The van der Waals surface area contributed by atoms with E-state index in [0.717, 1.165) is 5.56 Å². The van der Waals surface area contributed by atoms with Crippen LogP contribution in [0, 0.1) is 0 Å². The average Bonchev–Trinajstić information content (AvgIpc) is 2.39. The largest absolute Gasteiger partial charge is 0.481 e. The third-order valence-corrected chi connectivity index (χ3v) is 2.45. The summed E-state index contributed by atoms with van der Waals surface area (Å²) in [5.41, 5.74) is 2.82. The Hall–Kier alpha value is -2.41. The van der Waals surface area contributed by atoms with E-state index in [1.165, 1.54) is 0 Å². The van der Waals surface area contributed by atoms with Crippen LogP contribution in [-0.2, 0) is 25.6 Å². The molecule has 1 aromatic carbocycles. The van der Waals surface area contributed by atoms with Gasteiger partial charge in [0.2, 0.25) is 0 Å². The highest BCUT2D eigenvalue weighted by molar-refractivity contribution is 5.76. The molecule has 0 saturated carbocycles. The first kappa shape index (κ1) is 15.6. The molecular weight excluding hydrogens is 266 g/mol. The van der Waals surface area contributed by atoms with Crippen LogP contribution in [0.2, 0.25) is 0 Å². The number of carbonyl (C=O) groups excluding carboxylic acids is 1. The summed E-state index contributed by atoms with van der Waals surface area (Å²) < 4.78 is 0. The van der Waals surface area contributed by atoms with E-state index in [1.807, 2.05) is 0 Å². The lowest BCUT2D eigenvalue weighted by molar-refractivity contribution is -0.157. The first-order chi connectivity index (χ1) is 9.49. The highest BCUT2D eigenvalue weighted by Crippen LogP contribution is 2.02. The number of rotatable bonds is 8. The molecular formula is C13H15NO6. The number of benzene rings is 1. The summed E-state index contributed by atoms with van der Waals surface area (Å²) >= 11 is 0. The lowest BCUT2D eigenvalue weighted by Crippen LogP contribution is -2.38. The zero-order valence-corrected chi connectivity index (χ0v) is 10.6. The number of carboxylic acid groups (broad SMARTS) is 2. The number of hydrogen-bond donors (Lipinski definition) is 3. The van der Waals surface area contributed by atoms with E-state index in [2.05, 4.69) is 10.3 Å². The van der Waals surface area contributed by atoms with Crippen molar-refractivity contribution in [2.75, 3.05) is 0 Å². The number of carboxylic acids is 2. The van der Waals surface area contributed by atoms with Gasteiger partial charge < -0.3 is 15.1 Å². The van der Waals surface area contributed by atoms with E-state index in [9.17, 15) is 14.4 Å². The molecule has 0 amide bonds. The molecule has 0 saturated heterocycles. The van der Waals surface area contributed by atoms with Gasteiger partial charge in [0.25, 0.3) is 0 Å². The van der Waals surface area contributed by atoms with E-state index >= 15 is 0 Å². The summed E-state index contributed by atoms with van der Waals surface area (Å²) in [7, 11) is 0. The van der Waals surface area contributed by atoms with Crippen LogP contribution < -0.4 is 5.48 Å². The number of aliphatic carboxylic acids is 2. The van der Waals surface area contributed by atoms with E-state index in [-0.39, 0.29) is 19.3 Å². The second-order valence-electron chi connectivity index (χ2n) is 4.08. The fraction of sp³-hybridized carbons (Fsp3) is 0.308. The van der Waals surface area contributed by atoms with Crippen molar-refractivity contribution in [3.63, 3.8) is 0 Å². The monoisotopic (exact) mass is 281 g/mol. The van der Waals surface area contributed by atoms with Crippen LogP contribution in [0.1, 0.15) is 18.4 Å². The molecule has 0 aliphatic carbocycles. The second kappa shape index (κ2) is 7.90. The Morgan fingerprint density at radius 3 is 2.35 bits per heavy atom. The zero-order valence-electron chi connectivity index (χ0n) is 10.6. The van der Waals surface area contributed by atoms with Crippen molar-refractivity contribution < 1.29 is 29.4 Å². The molecule has 0 aliphatic heterocycles. The predicted octanol–water partition coefficient (Wildman–Crippen LogP) is 0.595. The molecule has 1 atom stereocenters. The van der Waals surface area contributed by atoms with Crippen molar-refractivity contribution in [3.8, 4) is 0 Å². The molecule has 0 aromatic heterocycles. The Bertz CT molecular complexity index is 473. The van der Waals surface area contributed by atoms with Crippen molar-refractivity contribution in [2.45, 2.75) is 25.3 Å². The molecule has 0 heterocycles. The van der Waals surface area contributed by atoms with Crippen molar-refractivity contribution in [1.29, 1.82) is 0 Å². The molecule has 7 heteroatoms. The van der Waals surface area contributed by atoms with Gasteiger partial charge in [-0.25, -0.2) is 0 Å². The molecule has 108 valence electrons. The SMILES string of the molecule is O=C(O)CC[C@@H](NOC(=O)Cc1ccccc1)C(=O)O. The Labute approximate surface area is 115 Å². The van der Waals surface area contributed by atoms with Gasteiger partial charge in [-0.3, -0.25) is 14.4 Å². The van der Waals surface area contributed by atoms with Crippen molar-refractivity contribution in [3.05, 3.63) is 35.9 Å². The van der Waals surface area contributed by atoms with Crippen molar-refractivity contribution in [2.24, 2.45) is 0 Å². The fourth-order valence-corrected chi connectivity index (χ4v) is 1.44. The van der Waals surface area contributed by atoms with E-state index in [0.29, 0.717) is 0 Å². The number of carbonyl (C=O) groups is 3. The molecule has 20 heavy (non-hydrogen) atoms. The Kier molecular flexibility index (Phi) is 6.18. The van der Waals surface area contributed by atoms with Crippen LogP contribution in [0.3, 0.4) is 0 Å². The van der Waals surface area contributed by atoms with E-state index in [4.69, 9.17) is 10.2 Å². The maximum Gasteiger partial charge on any atom is 0.329 e. The van der Waals surface area contributed by atoms with Gasteiger partial charge in [0, 0.05) is 6.42 Å². The van der Waals surface area contributed by atoms with Gasteiger partial charge in [0.1, 0.15) is 6.04 Å². The highest BCUT2D eigenvalue weighted by Gasteiger charge is 2.20. The van der Waals surface area contributed by atoms with Gasteiger partial charge >= 0.3 is 17.9 Å². The quantitative estimate of drug-likeness (QED) is 0.598. The Balaban J connectivity index is 2.40. The molecule has 0 bridgehead atoms. The summed E-state index contributed by atoms with van der Waals surface area (Å²) in [5, 5.41) is 17.3. The summed E-state index contributed by atoms with van der Waals surface area (Å²) in [4.78, 5) is 37.3. The van der Waals surface area contributed by atoms with Crippen molar-refractivity contribution in [1.82, 2.24) is 5.48 Å². The van der Waals surface area contributed by atoms with Crippen LogP contribution in [0.4, 0.5) is 0 Å². The second-order valence-corrected chi connectivity index (χ2v) is 4.08. The minimum absolute atomic E-state index is 0.000883. The molecule has 1 rings (SSSR count). The van der Waals surface area contributed by atoms with Crippen LogP contribution >= 0.6 is 0 Å². The molecule has 0 radical (unpaired) electrons. The average molecular weight is 281 g/mol. The zero-order chi connectivity index (χ0) is 15.0. The molecule has 0 spiro atoms. The van der Waals surface area contributed by atoms with E-state index in [1.54, 1.807) is 30.3 Å². The Morgan fingerprint density at radius 2 is 1.80 bits per heavy atom. The molecule has 0 aliphatic rings. The van der Waals surface area contributed by atoms with Gasteiger partial charge in [-0.2, -0.15) is 0 Å². The lowest BCUT2D eigenvalue weighted by atomic mass is 10.1. The van der Waals surface area contributed by atoms with Gasteiger partial charge in [-0.15, -0.1) is 5.48 Å². The predicted molar refractivity (Wildman–Crippen MR) is 67.7 cm³/mol. The summed E-state index contributed by atoms with van der Waals surface area (Å²) in [5.74, 6) is -3.04. The fourth-order valence-electron chi connectivity index (χ4n) is 1.44. The van der Waals surface area contributed by atoms with E-state index < -0.39 is 23.9 Å².